The quantitative estimate of drug-likeness (QED) is 0.132. The molecule has 4 aromatic rings. The molecule has 2 unspecified atom stereocenters. The highest BCUT2D eigenvalue weighted by Crippen LogP contribution is 2.57. The maximum Gasteiger partial charge on any atom is 0.472 e. The minimum atomic E-state index is -5.06. The molecule has 1 aliphatic carbocycles. The van der Waals surface area contributed by atoms with Crippen LogP contribution >= 0.6 is 15.6 Å². The van der Waals surface area contributed by atoms with E-state index in [0.29, 0.717) is 11.2 Å². The van der Waals surface area contributed by atoms with E-state index in [1.165, 1.54) is 23.5 Å². The molecule has 326 valence electrons. The van der Waals surface area contributed by atoms with Gasteiger partial charge in [0.1, 0.15) is 36.3 Å². The van der Waals surface area contributed by atoms with Crippen LogP contribution in [0.3, 0.4) is 0 Å². The van der Waals surface area contributed by atoms with Crippen LogP contribution in [0.4, 0.5) is 11.8 Å². The molecule has 2 aliphatic heterocycles. The van der Waals surface area contributed by atoms with Crippen molar-refractivity contribution in [2.45, 2.75) is 127 Å². The van der Waals surface area contributed by atoms with Crippen LogP contribution in [0.1, 0.15) is 60.2 Å². The molecule has 0 amide bonds. The van der Waals surface area contributed by atoms with E-state index in [9.17, 15) is 23.7 Å². The van der Waals surface area contributed by atoms with E-state index in [1.54, 1.807) is 4.57 Å². The molecule has 7 N–H and O–H groups in total. The summed E-state index contributed by atoms with van der Waals surface area (Å²) in [5.41, 5.74) is 12.0. The number of phosphoric ester groups is 2. The summed E-state index contributed by atoms with van der Waals surface area (Å²) in [5.74, 6) is -0.909. The van der Waals surface area contributed by atoms with Gasteiger partial charge in [-0.05, 0) is 42.7 Å². The molecule has 22 nitrogen and oxygen atoms in total. The summed E-state index contributed by atoms with van der Waals surface area (Å²) in [6.07, 6.45) is -3.13. The molecule has 7 rings (SSSR count). The Balaban J connectivity index is 1.31. The average molecular weight is 901 g/mol. The zero-order valence-corrected chi connectivity index (χ0v) is 38.4. The first-order valence-electron chi connectivity index (χ1n) is 19.2. The van der Waals surface area contributed by atoms with Crippen molar-refractivity contribution in [2.24, 2.45) is 5.92 Å². The topological polar surface area (TPSA) is 298 Å². The van der Waals surface area contributed by atoms with Crippen LogP contribution in [0, 0.1) is 5.92 Å². The number of fused-ring (bicyclic) bond motifs is 5. The molecule has 0 spiro atoms. The van der Waals surface area contributed by atoms with Crippen LogP contribution in [0.5, 0.6) is 0 Å². The van der Waals surface area contributed by atoms with E-state index in [0.717, 1.165) is 0 Å². The minimum Gasteiger partial charge on any atom is -0.409 e. The standard InChI is InChI=1S/C33H54N10O12P2Si2/c1-32(2,3)58(7,8)54-23-18(42-15-38-20-26(34)36-14-37-27(20)42)11-17-12-49-56(45,46)53-25-24(55-59(9,10)33(4,5)6)19(13-50-57(47,48)52-22(17)23)51-30(25)43-16-39-21-28(43)40-31(35)41-29(21)44/h14-19,22-25,30H,11-13H2,1-10H3,(H,45,46)(H,47,48)(H2,34,36,37)(H3,35,40,41,44)/t17-,18-,19-,22-,23+,24-,25-,30-/m1/s1. The van der Waals surface area contributed by atoms with Gasteiger partial charge < -0.3 is 39.4 Å². The fourth-order valence-corrected chi connectivity index (χ4v) is 11.7. The van der Waals surface area contributed by atoms with Crippen molar-refractivity contribution in [3.63, 3.8) is 0 Å². The normalized spacial score (nSPS) is 32.8. The predicted octanol–water partition coefficient (Wildman–Crippen LogP) is 4.38. The maximum absolute atomic E-state index is 14.3. The van der Waals surface area contributed by atoms with Crippen LogP contribution in [-0.4, -0.2) is 109 Å². The summed E-state index contributed by atoms with van der Waals surface area (Å²) in [5, 5.41) is -0.691. The number of imidazole rings is 2. The number of hydrogen-bond donors (Lipinski definition) is 5. The van der Waals surface area contributed by atoms with Crippen molar-refractivity contribution in [2.75, 3.05) is 24.7 Å². The lowest BCUT2D eigenvalue weighted by Crippen LogP contribution is -2.50. The Labute approximate surface area is 342 Å². The van der Waals surface area contributed by atoms with Crippen LogP contribution in [0.2, 0.25) is 36.3 Å². The molecule has 4 aromatic heterocycles. The number of nitrogens with two attached hydrogens (primary N) is 2. The van der Waals surface area contributed by atoms with Crippen LogP contribution in [-0.2, 0) is 40.8 Å². The molecule has 10 atom stereocenters. The van der Waals surface area contributed by atoms with Crippen molar-refractivity contribution < 1.29 is 50.6 Å². The molecular formula is C33H54N10O12P2Si2. The highest BCUT2D eigenvalue weighted by atomic mass is 31.2. The smallest absolute Gasteiger partial charge is 0.409 e. The second-order valence-corrected chi connectivity index (χ2v) is 30.7. The number of H-pyrrole nitrogens is 1. The molecule has 2 saturated heterocycles. The SMILES string of the molecule is CC(C)(C)[Si](C)(C)O[C@@H]1[C@@H]2OP(=O)(O)OC[C@H]3O[C@@H](n4cnc5c(=O)[nH]c(N)nc54)[C@H](OP(=O)(O)OC[C@H]2C[C@H]1n1cnc2c(N)ncnc21)[C@@H]3O[Si](C)(C)C(C)(C)C. The van der Waals surface area contributed by atoms with E-state index in [-0.39, 0.29) is 39.4 Å². The molecule has 59 heavy (non-hydrogen) atoms. The lowest BCUT2D eigenvalue weighted by atomic mass is 10.1. The Morgan fingerprint density at radius 2 is 1.39 bits per heavy atom. The number of aromatic amines is 1. The summed E-state index contributed by atoms with van der Waals surface area (Å²) >= 11 is 0. The van der Waals surface area contributed by atoms with Crippen molar-refractivity contribution in [3.8, 4) is 0 Å². The largest absolute Gasteiger partial charge is 0.472 e. The van der Waals surface area contributed by atoms with Gasteiger partial charge in [-0.3, -0.25) is 32.4 Å². The van der Waals surface area contributed by atoms with Crippen molar-refractivity contribution in [3.05, 3.63) is 29.3 Å². The van der Waals surface area contributed by atoms with Crippen LogP contribution in [0.15, 0.2) is 23.8 Å². The van der Waals surface area contributed by atoms with E-state index in [4.69, 9.17) is 43.2 Å². The number of ether oxygens (including phenoxy) is 1. The van der Waals surface area contributed by atoms with Crippen LogP contribution in [0.25, 0.3) is 22.3 Å². The molecule has 3 fully saturated rings. The number of phosphoric acid groups is 2. The van der Waals surface area contributed by atoms with Crippen LogP contribution < -0.4 is 17.0 Å². The van der Waals surface area contributed by atoms with Gasteiger partial charge in [-0.25, -0.2) is 29.1 Å². The van der Waals surface area contributed by atoms with E-state index >= 15 is 0 Å². The minimum absolute atomic E-state index is 0.0184. The number of aromatic nitrogens is 8. The Kier molecular flexibility index (Phi) is 11.3. The predicted molar refractivity (Wildman–Crippen MR) is 219 cm³/mol. The number of nitrogens with one attached hydrogen (secondary N) is 1. The molecular weight excluding hydrogens is 847 g/mol. The van der Waals surface area contributed by atoms with E-state index in [2.05, 4.69) is 50.7 Å². The third-order valence-corrected chi connectivity index (χ3v) is 23.2. The third-order valence-electron chi connectivity index (χ3n) is 12.3. The van der Waals surface area contributed by atoms with E-state index < -0.39 is 99.8 Å². The van der Waals surface area contributed by atoms with Crippen molar-refractivity contribution in [1.29, 1.82) is 0 Å². The Morgan fingerprint density at radius 3 is 2.03 bits per heavy atom. The number of nitrogen functional groups attached to an aromatic ring is 2. The Morgan fingerprint density at radius 1 is 0.814 bits per heavy atom. The molecule has 2 bridgehead atoms. The summed E-state index contributed by atoms with van der Waals surface area (Å²) in [4.78, 5) is 59.7. The Hall–Kier alpha value is -2.97. The molecule has 0 aromatic carbocycles. The molecule has 1 saturated carbocycles. The van der Waals surface area contributed by atoms with Gasteiger partial charge in [-0.1, -0.05) is 41.5 Å². The summed E-state index contributed by atoms with van der Waals surface area (Å²) < 4.78 is 75.5. The summed E-state index contributed by atoms with van der Waals surface area (Å²) in [6.45, 7) is 19.0. The number of hydrogen-bond acceptors (Lipinski definition) is 17. The molecule has 6 heterocycles. The number of anilines is 2. The molecule has 3 aliphatic rings. The van der Waals surface area contributed by atoms with Crippen molar-refractivity contribution >= 4 is 66.4 Å². The van der Waals surface area contributed by atoms with Gasteiger partial charge in [-0.15, -0.1) is 0 Å². The lowest BCUT2D eigenvalue weighted by molar-refractivity contribution is -0.0602. The van der Waals surface area contributed by atoms with Gasteiger partial charge in [0.05, 0.1) is 38.0 Å². The first-order chi connectivity index (χ1) is 27.2. The Bertz CT molecular complexity index is 2380. The lowest BCUT2D eigenvalue weighted by Gasteiger charge is -2.41. The first kappa shape index (κ1) is 44.1. The van der Waals surface area contributed by atoms with Crippen molar-refractivity contribution in [1.82, 2.24) is 39.0 Å². The summed E-state index contributed by atoms with van der Waals surface area (Å²) in [7, 11) is -15.5. The second kappa shape index (κ2) is 15.1. The zero-order valence-electron chi connectivity index (χ0n) is 34.6. The highest BCUT2D eigenvalue weighted by molar-refractivity contribution is 7.47. The van der Waals surface area contributed by atoms with Gasteiger partial charge in [0.25, 0.3) is 5.56 Å². The summed E-state index contributed by atoms with van der Waals surface area (Å²) in [6, 6.07) is -0.641. The number of rotatable bonds is 6. The monoisotopic (exact) mass is 900 g/mol. The number of nitrogens with zero attached hydrogens (tertiary/aromatic N) is 7. The fourth-order valence-electron chi connectivity index (χ4n) is 7.11. The second-order valence-electron chi connectivity index (χ2n) is 18.3. The van der Waals surface area contributed by atoms with Gasteiger partial charge in [0.2, 0.25) is 5.95 Å². The molecule has 0 radical (unpaired) electrons. The van der Waals surface area contributed by atoms with Gasteiger partial charge in [0.15, 0.2) is 45.5 Å². The van der Waals surface area contributed by atoms with Gasteiger partial charge >= 0.3 is 15.6 Å². The third kappa shape index (κ3) is 8.49. The zero-order chi connectivity index (χ0) is 43.2. The van der Waals surface area contributed by atoms with Gasteiger partial charge in [0, 0.05) is 5.92 Å². The fraction of sp³-hybridized carbons (Fsp3) is 0.697. The highest BCUT2D eigenvalue weighted by Gasteiger charge is 2.57. The van der Waals surface area contributed by atoms with E-state index in [1.807, 2.05) is 47.0 Å². The first-order valence-corrected chi connectivity index (χ1v) is 28.0. The average Bonchev–Trinajstić information content (AvgIpc) is 3.86. The molecule has 26 heteroatoms. The van der Waals surface area contributed by atoms with Gasteiger partial charge in [-0.2, -0.15) is 4.98 Å². The maximum atomic E-state index is 14.3.